The predicted molar refractivity (Wildman–Crippen MR) is 236 cm³/mol. The first-order chi connectivity index (χ1) is 29.8. The van der Waals surface area contributed by atoms with Crippen LogP contribution in [0.15, 0.2) is 72.9 Å². The Morgan fingerprint density at radius 1 is 0.871 bits per heavy atom. The van der Waals surface area contributed by atoms with Crippen molar-refractivity contribution in [2.45, 2.75) is 140 Å². The first-order valence-electron chi connectivity index (χ1n) is 22.3. The van der Waals surface area contributed by atoms with E-state index in [1.807, 2.05) is 48.5 Å². The number of aliphatic hydroxyl groups is 1. The van der Waals surface area contributed by atoms with E-state index in [0.29, 0.717) is 23.4 Å². The number of rotatable bonds is 15. The van der Waals surface area contributed by atoms with E-state index in [0.717, 1.165) is 74.1 Å². The van der Waals surface area contributed by atoms with Gasteiger partial charge < -0.3 is 37.0 Å². The molecule has 1 unspecified atom stereocenters. The van der Waals surface area contributed by atoms with Crippen molar-refractivity contribution < 1.29 is 29.1 Å². The molecule has 7 rings (SSSR count). The van der Waals surface area contributed by atoms with Crippen LogP contribution >= 0.6 is 0 Å². The number of fused-ring (bicyclic) bond motifs is 1. The third-order valence-corrected chi connectivity index (χ3v) is 12.7. The van der Waals surface area contributed by atoms with E-state index in [9.17, 15) is 24.3 Å². The summed E-state index contributed by atoms with van der Waals surface area (Å²) in [7, 11) is 0. The van der Waals surface area contributed by atoms with Gasteiger partial charge in [-0.2, -0.15) is 0 Å². The number of nitrogens with one attached hydrogen (secondary N) is 4. The SMILES string of the molecule is CC(C)(O)c1cnnn1[C@H]1C[C@@H](C(=O)NC(CC(N)=O)Cc2ccc(NC(=O)NC3CCCCC3)cc2)N(C(=O)[C@@H](CC2CCCCC2)NC(=O)c2ccc3ccccc3c2)C1. The molecule has 0 bridgehead atoms. The van der Waals surface area contributed by atoms with Crippen LogP contribution in [0, 0.1) is 5.92 Å². The van der Waals surface area contributed by atoms with E-state index in [4.69, 9.17) is 5.73 Å². The Hall–Kier alpha value is -5.83. The highest BCUT2D eigenvalue weighted by atomic mass is 16.3. The topological polar surface area (TPSA) is 214 Å². The Kier molecular flexibility index (Phi) is 14.2. The second-order valence-electron chi connectivity index (χ2n) is 18.1. The van der Waals surface area contributed by atoms with Gasteiger partial charge in [0.05, 0.1) is 17.9 Å². The molecule has 3 fully saturated rings. The standard InChI is InChI=1S/C47H61N9O6/c1-47(2,62)41-28-49-54-56(41)38-27-40(44(59)50-37(26-42(48)57)23-31-17-21-36(22-18-31)52-46(61)51-35-15-7-4-8-16-35)55(29-38)45(60)39(24-30-11-5-3-6-12-30)53-43(58)34-20-19-32-13-9-10-14-33(32)25-34/h9-10,13-14,17-22,25,28,30,35,37-40,62H,3-8,11-12,15-16,23-24,26-27,29H2,1-2H3,(H2,48,57)(H,50,59)(H,53,58)(H2,51,52,61)/t37?,38-,39+,40-/m0/s1. The molecule has 4 atom stereocenters. The number of likely N-dealkylation sites (tertiary alicyclic amines) is 1. The van der Waals surface area contributed by atoms with E-state index >= 15 is 4.79 Å². The zero-order chi connectivity index (χ0) is 43.8. The highest BCUT2D eigenvalue weighted by molar-refractivity contribution is 6.01. The average Bonchev–Trinajstić information content (AvgIpc) is 3.93. The van der Waals surface area contributed by atoms with E-state index in [1.54, 1.807) is 36.7 Å². The van der Waals surface area contributed by atoms with Crippen LogP contribution in [0.3, 0.4) is 0 Å². The minimum atomic E-state index is -1.31. The molecule has 1 aliphatic heterocycles. The molecular formula is C47H61N9O6. The molecule has 2 aliphatic carbocycles. The molecule has 1 saturated heterocycles. The summed E-state index contributed by atoms with van der Waals surface area (Å²) >= 11 is 0. The van der Waals surface area contributed by atoms with Gasteiger partial charge in [-0.25, -0.2) is 9.48 Å². The molecule has 6 amide bonds. The number of anilines is 1. The van der Waals surface area contributed by atoms with Crippen LogP contribution in [0.4, 0.5) is 10.5 Å². The smallest absolute Gasteiger partial charge is 0.319 e. The molecule has 3 aliphatic rings. The van der Waals surface area contributed by atoms with Gasteiger partial charge in [0.25, 0.3) is 5.91 Å². The highest BCUT2D eigenvalue weighted by Gasteiger charge is 2.45. The van der Waals surface area contributed by atoms with Gasteiger partial charge in [-0.1, -0.05) is 99.0 Å². The number of primary amides is 1. The van der Waals surface area contributed by atoms with Crippen molar-refractivity contribution in [3.63, 3.8) is 0 Å². The van der Waals surface area contributed by atoms with Crippen molar-refractivity contribution >= 4 is 46.1 Å². The number of hydrogen-bond donors (Lipinski definition) is 6. The van der Waals surface area contributed by atoms with Crippen LogP contribution in [0.2, 0.25) is 0 Å². The van der Waals surface area contributed by atoms with Crippen LogP contribution in [0.5, 0.6) is 0 Å². The van der Waals surface area contributed by atoms with E-state index in [2.05, 4.69) is 31.6 Å². The molecule has 7 N–H and O–H groups in total. The zero-order valence-corrected chi connectivity index (χ0v) is 35.9. The highest BCUT2D eigenvalue weighted by Crippen LogP contribution is 2.34. The summed E-state index contributed by atoms with van der Waals surface area (Å²) in [4.78, 5) is 70.1. The van der Waals surface area contributed by atoms with Crippen molar-refractivity contribution in [3.8, 4) is 0 Å². The largest absolute Gasteiger partial charge is 0.384 e. The fraction of sp³-hybridized carbons (Fsp3) is 0.511. The normalized spacial score (nSPS) is 19.7. The Morgan fingerprint density at radius 3 is 2.26 bits per heavy atom. The van der Waals surface area contributed by atoms with Crippen LogP contribution < -0.4 is 27.0 Å². The first kappa shape index (κ1) is 44.2. The Labute approximate surface area is 362 Å². The first-order valence-corrected chi connectivity index (χ1v) is 22.3. The number of carbonyl (C=O) groups is 5. The maximum atomic E-state index is 15.0. The molecule has 2 saturated carbocycles. The molecule has 2 heterocycles. The summed E-state index contributed by atoms with van der Waals surface area (Å²) in [6.45, 7) is 3.31. The molecular weight excluding hydrogens is 787 g/mol. The van der Waals surface area contributed by atoms with Crippen molar-refractivity contribution in [3.05, 3.63) is 89.7 Å². The lowest BCUT2D eigenvalue weighted by Crippen LogP contribution is -2.55. The molecule has 3 aromatic carbocycles. The van der Waals surface area contributed by atoms with E-state index < -0.39 is 41.6 Å². The number of hydrogen-bond acceptors (Lipinski definition) is 8. The molecule has 0 spiro atoms. The maximum Gasteiger partial charge on any atom is 0.319 e. The molecule has 4 aromatic rings. The summed E-state index contributed by atoms with van der Waals surface area (Å²) in [5, 5.41) is 33.3. The fourth-order valence-electron chi connectivity index (χ4n) is 9.51. The number of nitrogens with two attached hydrogens (primary N) is 1. The van der Waals surface area contributed by atoms with Gasteiger partial charge in [-0.05, 0) is 86.1 Å². The predicted octanol–water partition coefficient (Wildman–Crippen LogP) is 5.63. The monoisotopic (exact) mass is 847 g/mol. The van der Waals surface area contributed by atoms with Crippen molar-refractivity contribution in [1.29, 1.82) is 0 Å². The lowest BCUT2D eigenvalue weighted by Gasteiger charge is -2.32. The van der Waals surface area contributed by atoms with Crippen LogP contribution in [-0.2, 0) is 26.4 Å². The summed E-state index contributed by atoms with van der Waals surface area (Å²) in [6, 6.07) is 17.2. The Balaban J connectivity index is 1.11. The number of carbonyl (C=O) groups excluding carboxylic acids is 5. The maximum absolute atomic E-state index is 15.0. The zero-order valence-electron chi connectivity index (χ0n) is 35.9. The number of benzene rings is 3. The van der Waals surface area contributed by atoms with Crippen molar-refractivity contribution in [2.24, 2.45) is 11.7 Å². The lowest BCUT2D eigenvalue weighted by atomic mass is 9.84. The second-order valence-corrected chi connectivity index (χ2v) is 18.1. The van der Waals surface area contributed by atoms with Crippen molar-refractivity contribution in [2.75, 3.05) is 11.9 Å². The van der Waals surface area contributed by atoms with Gasteiger partial charge in [-0.3, -0.25) is 19.2 Å². The van der Waals surface area contributed by atoms with Gasteiger partial charge in [0.2, 0.25) is 17.7 Å². The van der Waals surface area contributed by atoms with E-state index in [-0.39, 0.29) is 55.6 Å². The number of aromatic nitrogens is 3. The second kappa shape index (κ2) is 19.9. The van der Waals surface area contributed by atoms with E-state index in [1.165, 1.54) is 17.5 Å². The van der Waals surface area contributed by atoms with Gasteiger partial charge in [-0.15, -0.1) is 5.10 Å². The quantitative estimate of drug-likeness (QED) is 0.0881. The van der Waals surface area contributed by atoms with Gasteiger partial charge in [0.15, 0.2) is 0 Å². The molecule has 15 heteroatoms. The van der Waals surface area contributed by atoms with Crippen LogP contribution in [-0.4, -0.2) is 85.4 Å². The van der Waals surface area contributed by atoms with Crippen LogP contribution in [0.1, 0.15) is 125 Å². The van der Waals surface area contributed by atoms with Crippen molar-refractivity contribution in [1.82, 2.24) is 35.8 Å². The number of urea groups is 1. The third-order valence-electron chi connectivity index (χ3n) is 12.7. The fourth-order valence-corrected chi connectivity index (χ4v) is 9.51. The average molecular weight is 848 g/mol. The molecule has 0 radical (unpaired) electrons. The summed E-state index contributed by atoms with van der Waals surface area (Å²) < 4.78 is 1.57. The Bertz CT molecular complexity index is 2210. The Morgan fingerprint density at radius 2 is 1.56 bits per heavy atom. The minimum Gasteiger partial charge on any atom is -0.384 e. The van der Waals surface area contributed by atoms with Gasteiger partial charge >= 0.3 is 6.03 Å². The van der Waals surface area contributed by atoms with Crippen LogP contribution in [0.25, 0.3) is 10.8 Å². The molecule has 330 valence electrons. The molecule has 62 heavy (non-hydrogen) atoms. The molecule has 1 aromatic heterocycles. The minimum absolute atomic E-state index is 0.0691. The van der Waals surface area contributed by atoms with Gasteiger partial charge in [0, 0.05) is 42.7 Å². The number of nitrogens with zero attached hydrogens (tertiary/aromatic N) is 4. The molecule has 15 nitrogen and oxygen atoms in total. The summed E-state index contributed by atoms with van der Waals surface area (Å²) in [5.41, 5.74) is 6.66. The number of amides is 6. The lowest BCUT2D eigenvalue weighted by molar-refractivity contribution is -0.140. The van der Waals surface area contributed by atoms with Gasteiger partial charge in [0.1, 0.15) is 17.7 Å². The summed E-state index contributed by atoms with van der Waals surface area (Å²) in [6.07, 6.45) is 12.6. The summed E-state index contributed by atoms with van der Waals surface area (Å²) in [5.74, 6) is -1.64. The third kappa shape index (κ3) is 11.3.